The standard InChI is InChI=1S/C14H28/c1-7-13(5)8-10-14(6,11-9-13)12(2,3)4/h7-11H2,1-6H3. The number of hydrogen-bond donors (Lipinski definition) is 0. The predicted octanol–water partition coefficient (Wildman–Crippen LogP) is 5.03. The van der Waals surface area contributed by atoms with Gasteiger partial charge in [0.15, 0.2) is 0 Å². The van der Waals surface area contributed by atoms with Crippen molar-refractivity contribution in [1.82, 2.24) is 0 Å². The normalized spacial score (nSPS) is 39.9. The van der Waals surface area contributed by atoms with E-state index in [9.17, 15) is 0 Å². The summed E-state index contributed by atoms with van der Waals surface area (Å²) in [5.74, 6) is 0. The third-order valence-corrected chi connectivity index (χ3v) is 5.22. The molecule has 1 aliphatic carbocycles. The maximum atomic E-state index is 2.49. The molecule has 0 heterocycles. The van der Waals surface area contributed by atoms with E-state index in [1.807, 2.05) is 0 Å². The lowest BCUT2D eigenvalue weighted by Crippen LogP contribution is -2.39. The second-order valence-corrected chi connectivity index (χ2v) is 6.97. The van der Waals surface area contributed by atoms with E-state index in [0.717, 1.165) is 0 Å². The van der Waals surface area contributed by atoms with E-state index in [2.05, 4.69) is 41.5 Å². The minimum Gasteiger partial charge on any atom is -0.0649 e. The van der Waals surface area contributed by atoms with E-state index in [4.69, 9.17) is 0 Å². The summed E-state index contributed by atoms with van der Waals surface area (Å²) in [5.41, 5.74) is 1.69. The van der Waals surface area contributed by atoms with Gasteiger partial charge in [0.1, 0.15) is 0 Å². The Morgan fingerprint density at radius 1 is 0.929 bits per heavy atom. The summed E-state index contributed by atoms with van der Waals surface area (Å²) in [5, 5.41) is 0. The van der Waals surface area contributed by atoms with Gasteiger partial charge in [-0.1, -0.05) is 48.0 Å². The molecule has 0 radical (unpaired) electrons. The molecule has 0 heteroatoms. The van der Waals surface area contributed by atoms with Crippen LogP contribution in [0, 0.1) is 16.2 Å². The highest BCUT2D eigenvalue weighted by molar-refractivity contribution is 4.93. The fraction of sp³-hybridized carbons (Fsp3) is 1.00. The lowest BCUT2D eigenvalue weighted by Gasteiger charge is -2.50. The fourth-order valence-electron chi connectivity index (χ4n) is 2.51. The third-order valence-electron chi connectivity index (χ3n) is 5.22. The Bertz CT molecular complexity index is 187. The largest absolute Gasteiger partial charge is 0.0649 e. The highest BCUT2D eigenvalue weighted by Gasteiger charge is 2.43. The predicted molar refractivity (Wildman–Crippen MR) is 64.4 cm³/mol. The number of hydrogen-bond acceptors (Lipinski definition) is 0. The Labute approximate surface area is 90.5 Å². The molecule has 0 N–H and O–H groups in total. The highest BCUT2D eigenvalue weighted by atomic mass is 14.5. The SMILES string of the molecule is CCC1(C)CCC(C)(C(C)(C)C)CC1. The Morgan fingerprint density at radius 3 is 1.64 bits per heavy atom. The molecule has 0 unspecified atom stereocenters. The molecule has 0 aromatic heterocycles. The number of rotatable bonds is 1. The molecule has 0 atom stereocenters. The van der Waals surface area contributed by atoms with Crippen molar-refractivity contribution in [3.8, 4) is 0 Å². The van der Waals surface area contributed by atoms with Crippen LogP contribution in [0.1, 0.15) is 73.6 Å². The molecule has 1 fully saturated rings. The van der Waals surface area contributed by atoms with Crippen molar-refractivity contribution in [2.75, 3.05) is 0 Å². The first-order chi connectivity index (χ1) is 6.22. The molecule has 1 rings (SSSR count). The van der Waals surface area contributed by atoms with E-state index in [-0.39, 0.29) is 0 Å². The van der Waals surface area contributed by atoms with Crippen molar-refractivity contribution in [2.45, 2.75) is 73.6 Å². The zero-order valence-corrected chi connectivity index (χ0v) is 11.0. The quantitative estimate of drug-likeness (QED) is 0.552. The van der Waals surface area contributed by atoms with Crippen LogP contribution in [0.4, 0.5) is 0 Å². The van der Waals surface area contributed by atoms with Crippen molar-refractivity contribution in [1.29, 1.82) is 0 Å². The Balaban J connectivity index is 2.67. The van der Waals surface area contributed by atoms with Crippen LogP contribution in [0.5, 0.6) is 0 Å². The van der Waals surface area contributed by atoms with Crippen LogP contribution in [0.15, 0.2) is 0 Å². The fourth-order valence-corrected chi connectivity index (χ4v) is 2.51. The van der Waals surface area contributed by atoms with Crippen LogP contribution in [0.3, 0.4) is 0 Å². The summed E-state index contributed by atoms with van der Waals surface area (Å²) < 4.78 is 0. The van der Waals surface area contributed by atoms with Gasteiger partial charge >= 0.3 is 0 Å². The van der Waals surface area contributed by atoms with E-state index in [1.165, 1.54) is 32.1 Å². The Hall–Kier alpha value is 0. The van der Waals surface area contributed by atoms with Crippen molar-refractivity contribution in [2.24, 2.45) is 16.2 Å². The molecule has 14 heavy (non-hydrogen) atoms. The zero-order valence-electron chi connectivity index (χ0n) is 11.0. The average molecular weight is 196 g/mol. The van der Waals surface area contributed by atoms with Crippen molar-refractivity contribution < 1.29 is 0 Å². The van der Waals surface area contributed by atoms with E-state index in [1.54, 1.807) is 0 Å². The van der Waals surface area contributed by atoms with Crippen LogP contribution in [-0.4, -0.2) is 0 Å². The molecule has 1 saturated carbocycles. The molecule has 0 bridgehead atoms. The highest BCUT2D eigenvalue weighted by Crippen LogP contribution is 2.54. The molecule has 0 aromatic rings. The van der Waals surface area contributed by atoms with Gasteiger partial charge in [0.05, 0.1) is 0 Å². The van der Waals surface area contributed by atoms with Crippen LogP contribution in [0.25, 0.3) is 0 Å². The van der Waals surface area contributed by atoms with Gasteiger partial charge in [-0.2, -0.15) is 0 Å². The molecule has 0 nitrogen and oxygen atoms in total. The molecule has 0 spiro atoms. The molecule has 0 saturated heterocycles. The third kappa shape index (κ3) is 2.15. The molecule has 84 valence electrons. The summed E-state index contributed by atoms with van der Waals surface area (Å²) in [7, 11) is 0. The molecular weight excluding hydrogens is 168 g/mol. The molecular formula is C14H28. The Kier molecular flexibility index (Phi) is 3.05. The zero-order chi connectivity index (χ0) is 11.0. The smallest absolute Gasteiger partial charge is 0.0277 e. The molecule has 1 aliphatic rings. The van der Waals surface area contributed by atoms with Crippen LogP contribution < -0.4 is 0 Å². The van der Waals surface area contributed by atoms with Crippen LogP contribution >= 0.6 is 0 Å². The van der Waals surface area contributed by atoms with Gasteiger partial charge in [-0.25, -0.2) is 0 Å². The maximum absolute atomic E-state index is 2.49. The van der Waals surface area contributed by atoms with E-state index >= 15 is 0 Å². The van der Waals surface area contributed by atoms with Gasteiger partial charge in [0.2, 0.25) is 0 Å². The monoisotopic (exact) mass is 196 g/mol. The van der Waals surface area contributed by atoms with Gasteiger partial charge < -0.3 is 0 Å². The first kappa shape index (κ1) is 12.1. The minimum absolute atomic E-state index is 0.474. The van der Waals surface area contributed by atoms with Crippen molar-refractivity contribution in [3.63, 3.8) is 0 Å². The van der Waals surface area contributed by atoms with Crippen molar-refractivity contribution in [3.05, 3.63) is 0 Å². The first-order valence-electron chi connectivity index (χ1n) is 6.22. The summed E-state index contributed by atoms with van der Waals surface area (Å²) in [6.45, 7) is 14.5. The first-order valence-corrected chi connectivity index (χ1v) is 6.22. The molecule has 0 aromatic carbocycles. The Morgan fingerprint density at radius 2 is 1.36 bits per heavy atom. The average Bonchev–Trinajstić information content (AvgIpc) is 2.09. The van der Waals surface area contributed by atoms with Gasteiger partial charge in [-0.05, 0) is 41.9 Å². The van der Waals surface area contributed by atoms with Gasteiger partial charge in [-0.15, -0.1) is 0 Å². The molecule has 0 aliphatic heterocycles. The second kappa shape index (κ2) is 3.54. The summed E-state index contributed by atoms with van der Waals surface area (Å²) in [4.78, 5) is 0. The van der Waals surface area contributed by atoms with E-state index in [0.29, 0.717) is 16.2 Å². The summed E-state index contributed by atoms with van der Waals surface area (Å²) in [6.07, 6.45) is 7.05. The van der Waals surface area contributed by atoms with Gasteiger partial charge in [0, 0.05) is 0 Å². The van der Waals surface area contributed by atoms with E-state index < -0.39 is 0 Å². The van der Waals surface area contributed by atoms with Crippen LogP contribution in [-0.2, 0) is 0 Å². The van der Waals surface area contributed by atoms with Crippen LogP contribution in [0.2, 0.25) is 0 Å². The molecule has 0 amide bonds. The topological polar surface area (TPSA) is 0 Å². The summed E-state index contributed by atoms with van der Waals surface area (Å²) >= 11 is 0. The second-order valence-electron chi connectivity index (χ2n) is 6.97. The lowest BCUT2D eigenvalue weighted by atomic mass is 9.55. The van der Waals surface area contributed by atoms with Crippen molar-refractivity contribution >= 4 is 0 Å². The summed E-state index contributed by atoms with van der Waals surface area (Å²) in [6, 6.07) is 0. The van der Waals surface area contributed by atoms with Gasteiger partial charge in [-0.3, -0.25) is 0 Å². The maximum Gasteiger partial charge on any atom is -0.0277 e. The minimum atomic E-state index is 0.474. The van der Waals surface area contributed by atoms with Gasteiger partial charge in [0.25, 0.3) is 0 Å². The lowest BCUT2D eigenvalue weighted by molar-refractivity contribution is 0.0104.